The van der Waals surface area contributed by atoms with Crippen LogP contribution in [0.25, 0.3) is 10.6 Å². The summed E-state index contributed by atoms with van der Waals surface area (Å²) in [5.41, 5.74) is -0.698. The topological polar surface area (TPSA) is 63.2 Å². The molecule has 2 aromatic carbocycles. The summed E-state index contributed by atoms with van der Waals surface area (Å²) in [6.07, 6.45) is -3.45. The Bertz CT molecular complexity index is 1190. The molecule has 2 heterocycles. The summed E-state index contributed by atoms with van der Waals surface area (Å²) in [6.45, 7) is 0.276. The molecule has 0 spiro atoms. The smallest absolute Gasteiger partial charge is 0.207 e. The molecule has 1 saturated heterocycles. The van der Waals surface area contributed by atoms with Crippen molar-refractivity contribution in [3.8, 4) is 10.6 Å². The molecule has 5 nitrogen and oxygen atoms in total. The van der Waals surface area contributed by atoms with Crippen LogP contribution in [0.15, 0.2) is 53.4 Å². The first kappa shape index (κ1) is 21.8. The highest BCUT2D eigenvalue weighted by Gasteiger charge is 2.35. The molecule has 4 rings (SSSR count). The molecule has 1 aromatic heterocycles. The van der Waals surface area contributed by atoms with E-state index < -0.39 is 32.5 Å². The quantitative estimate of drug-likeness (QED) is 0.506. The highest BCUT2D eigenvalue weighted by atomic mass is 32.2. The monoisotopic (exact) mass is 471 g/mol. The van der Waals surface area contributed by atoms with Crippen molar-refractivity contribution in [2.75, 3.05) is 13.1 Å². The van der Waals surface area contributed by atoms with Gasteiger partial charge in [0.1, 0.15) is 10.8 Å². The molecule has 3 aromatic rings. The number of alkyl halides is 3. The zero-order valence-electron chi connectivity index (χ0n) is 16.0. The molecular formula is C20H17F4N3O2S2. The van der Waals surface area contributed by atoms with Crippen LogP contribution in [0.1, 0.15) is 29.3 Å². The van der Waals surface area contributed by atoms with Crippen molar-refractivity contribution < 1.29 is 26.0 Å². The highest BCUT2D eigenvalue weighted by molar-refractivity contribution is 7.89. The number of halogens is 4. The predicted octanol–water partition coefficient (Wildman–Crippen LogP) is 4.93. The molecule has 1 unspecified atom stereocenters. The Hall–Kier alpha value is -2.37. The van der Waals surface area contributed by atoms with E-state index in [1.165, 1.54) is 21.7 Å². The molecule has 11 heteroatoms. The molecule has 1 atom stereocenters. The van der Waals surface area contributed by atoms with Crippen LogP contribution in [0, 0.1) is 5.82 Å². The van der Waals surface area contributed by atoms with Crippen molar-refractivity contribution in [2.45, 2.75) is 29.8 Å². The van der Waals surface area contributed by atoms with Crippen molar-refractivity contribution >= 4 is 21.4 Å². The molecule has 0 bridgehead atoms. The maximum absolute atomic E-state index is 14.0. The molecule has 0 amide bonds. The average molecular weight is 472 g/mol. The van der Waals surface area contributed by atoms with Crippen molar-refractivity contribution in [1.29, 1.82) is 0 Å². The molecular weight excluding hydrogens is 454 g/mol. The molecule has 0 radical (unpaired) electrons. The summed E-state index contributed by atoms with van der Waals surface area (Å²) in [7, 11) is -4.11. The van der Waals surface area contributed by atoms with Gasteiger partial charge < -0.3 is 0 Å². The summed E-state index contributed by atoms with van der Waals surface area (Å²) in [6, 6.07) is 9.90. The Kier molecular flexibility index (Phi) is 5.84. The number of benzene rings is 2. The molecule has 0 aliphatic carbocycles. The lowest BCUT2D eigenvalue weighted by Crippen LogP contribution is -2.39. The second kappa shape index (κ2) is 8.29. The van der Waals surface area contributed by atoms with Crippen LogP contribution >= 0.6 is 11.3 Å². The fraction of sp³-hybridized carbons (Fsp3) is 0.300. The average Bonchev–Trinajstić information content (AvgIpc) is 3.24. The number of hydrogen-bond donors (Lipinski definition) is 0. The van der Waals surface area contributed by atoms with Gasteiger partial charge in [0, 0.05) is 24.6 Å². The fourth-order valence-electron chi connectivity index (χ4n) is 3.49. The Labute approximate surface area is 180 Å². The van der Waals surface area contributed by atoms with Gasteiger partial charge in [-0.1, -0.05) is 29.5 Å². The van der Waals surface area contributed by atoms with Gasteiger partial charge in [-0.3, -0.25) is 0 Å². The molecule has 0 N–H and O–H groups in total. The lowest BCUT2D eigenvalue weighted by Gasteiger charge is -2.30. The van der Waals surface area contributed by atoms with Gasteiger partial charge in [-0.05, 0) is 43.2 Å². The molecule has 1 aliphatic heterocycles. The molecule has 0 saturated carbocycles. The van der Waals surface area contributed by atoms with E-state index in [0.717, 1.165) is 18.2 Å². The van der Waals surface area contributed by atoms with Gasteiger partial charge in [0.05, 0.1) is 10.5 Å². The van der Waals surface area contributed by atoms with Gasteiger partial charge in [0.2, 0.25) is 10.0 Å². The van der Waals surface area contributed by atoms with Gasteiger partial charge in [-0.2, -0.15) is 17.5 Å². The zero-order chi connectivity index (χ0) is 22.2. The number of rotatable bonds is 4. The second-order valence-electron chi connectivity index (χ2n) is 7.15. The third kappa shape index (κ3) is 4.48. The first-order valence-corrected chi connectivity index (χ1v) is 11.7. The fourth-order valence-corrected chi connectivity index (χ4v) is 6.05. The third-order valence-corrected chi connectivity index (χ3v) is 8.06. The van der Waals surface area contributed by atoms with Gasteiger partial charge in [-0.25, -0.2) is 12.8 Å². The van der Waals surface area contributed by atoms with Crippen molar-refractivity contribution in [3.63, 3.8) is 0 Å². The normalized spacial score (nSPS) is 18.3. The lowest BCUT2D eigenvalue weighted by molar-refractivity contribution is -0.137. The zero-order valence-corrected chi connectivity index (χ0v) is 17.6. The van der Waals surface area contributed by atoms with E-state index in [0.29, 0.717) is 34.5 Å². The summed E-state index contributed by atoms with van der Waals surface area (Å²) in [5.74, 6) is -0.699. The Morgan fingerprint density at radius 3 is 2.58 bits per heavy atom. The second-order valence-corrected chi connectivity index (χ2v) is 10.1. The first-order valence-electron chi connectivity index (χ1n) is 9.42. The van der Waals surface area contributed by atoms with Crippen LogP contribution in [0.4, 0.5) is 17.6 Å². The number of piperidine rings is 1. The van der Waals surface area contributed by atoms with E-state index in [1.54, 1.807) is 18.2 Å². The van der Waals surface area contributed by atoms with Crippen LogP contribution in [0.5, 0.6) is 0 Å². The maximum Gasteiger partial charge on any atom is 0.416 e. The van der Waals surface area contributed by atoms with Crippen molar-refractivity contribution in [1.82, 2.24) is 14.5 Å². The van der Waals surface area contributed by atoms with Crippen LogP contribution in [0.2, 0.25) is 0 Å². The van der Waals surface area contributed by atoms with E-state index >= 15 is 0 Å². The van der Waals surface area contributed by atoms with E-state index in [1.807, 2.05) is 0 Å². The van der Waals surface area contributed by atoms with Crippen LogP contribution < -0.4 is 0 Å². The Morgan fingerprint density at radius 1 is 1.06 bits per heavy atom. The lowest BCUT2D eigenvalue weighted by atomic mass is 10.0. The van der Waals surface area contributed by atoms with Gasteiger partial charge in [-0.15, -0.1) is 10.2 Å². The summed E-state index contributed by atoms with van der Waals surface area (Å²) < 4.78 is 80.2. The highest BCUT2D eigenvalue weighted by Crippen LogP contribution is 2.36. The molecule has 1 aliphatic rings. The van der Waals surface area contributed by atoms with Crippen molar-refractivity contribution in [3.05, 3.63) is 64.9 Å². The Morgan fingerprint density at radius 2 is 1.84 bits per heavy atom. The number of hydrogen-bond acceptors (Lipinski definition) is 5. The standard InChI is InChI=1S/C20H17F4N3O2S2/c21-17-9-2-1-8-16(17)19-26-25-18(30-19)13-5-4-10-27(12-13)31(28,29)15-7-3-6-14(11-15)20(22,23)24/h1-3,6-9,11,13H,4-5,10,12H2. The van der Waals surface area contributed by atoms with E-state index in [9.17, 15) is 26.0 Å². The van der Waals surface area contributed by atoms with Crippen LogP contribution in [-0.2, 0) is 16.2 Å². The molecule has 31 heavy (non-hydrogen) atoms. The Balaban J connectivity index is 1.57. The number of aromatic nitrogens is 2. The summed E-state index contributed by atoms with van der Waals surface area (Å²) in [4.78, 5) is -0.396. The summed E-state index contributed by atoms with van der Waals surface area (Å²) >= 11 is 1.19. The minimum Gasteiger partial charge on any atom is -0.207 e. The van der Waals surface area contributed by atoms with E-state index in [4.69, 9.17) is 0 Å². The number of sulfonamides is 1. The van der Waals surface area contributed by atoms with E-state index in [2.05, 4.69) is 10.2 Å². The van der Waals surface area contributed by atoms with Crippen LogP contribution in [-0.4, -0.2) is 36.0 Å². The van der Waals surface area contributed by atoms with Gasteiger partial charge in [0.15, 0.2) is 5.01 Å². The largest absolute Gasteiger partial charge is 0.416 e. The molecule has 1 fully saturated rings. The van der Waals surface area contributed by atoms with Crippen LogP contribution in [0.3, 0.4) is 0 Å². The number of nitrogens with zero attached hydrogens (tertiary/aromatic N) is 3. The third-order valence-electron chi connectivity index (χ3n) is 5.08. The SMILES string of the molecule is O=S(=O)(c1cccc(C(F)(F)F)c1)N1CCCC(c2nnc(-c3ccccc3F)s2)C1. The van der Waals surface area contributed by atoms with Gasteiger partial charge >= 0.3 is 6.18 Å². The minimum atomic E-state index is -4.63. The molecule has 164 valence electrons. The maximum atomic E-state index is 14.0. The van der Waals surface area contributed by atoms with Gasteiger partial charge in [0.25, 0.3) is 0 Å². The summed E-state index contributed by atoms with van der Waals surface area (Å²) in [5, 5.41) is 9.13. The minimum absolute atomic E-state index is 0.0739. The van der Waals surface area contributed by atoms with E-state index in [-0.39, 0.29) is 19.0 Å². The first-order chi connectivity index (χ1) is 14.7. The van der Waals surface area contributed by atoms with Crippen molar-refractivity contribution in [2.24, 2.45) is 0 Å². The predicted molar refractivity (Wildman–Crippen MR) is 107 cm³/mol.